The van der Waals surface area contributed by atoms with Gasteiger partial charge in [0.15, 0.2) is 0 Å². The molecule has 0 atom stereocenters. The van der Waals surface area contributed by atoms with Crippen LogP contribution in [0.4, 0.5) is 5.69 Å². The summed E-state index contributed by atoms with van der Waals surface area (Å²) in [5.74, 6) is 0.909. The number of nitrogens with two attached hydrogens (primary N) is 1. The minimum Gasteiger partial charge on any atom is -0.494 e. The number of piperazine rings is 1. The number of ether oxygens (including phenoxy) is 1. The second-order valence-electron chi connectivity index (χ2n) is 7.18. The van der Waals surface area contributed by atoms with Gasteiger partial charge in [0.25, 0.3) is 0 Å². The van der Waals surface area contributed by atoms with Crippen molar-refractivity contribution in [1.29, 1.82) is 0 Å². The molecule has 3 rings (SSSR count). The summed E-state index contributed by atoms with van der Waals surface area (Å²) < 4.78 is 5.76. The number of nitrogens with one attached hydrogen (secondary N) is 1. The monoisotopic (exact) mass is 368 g/mol. The molecule has 5 heteroatoms. The summed E-state index contributed by atoms with van der Waals surface area (Å²) in [5.41, 5.74) is 9.39. The molecule has 2 aromatic carbocycles. The molecule has 1 saturated heterocycles. The van der Waals surface area contributed by atoms with E-state index in [0.29, 0.717) is 6.54 Å². The second kappa shape index (κ2) is 10.3. The lowest BCUT2D eigenvalue weighted by Crippen LogP contribution is -2.44. The van der Waals surface area contributed by atoms with Gasteiger partial charge in [-0.05, 0) is 55.4 Å². The first-order chi connectivity index (χ1) is 13.2. The topological polar surface area (TPSA) is 53.8 Å². The van der Waals surface area contributed by atoms with Crippen molar-refractivity contribution < 1.29 is 4.74 Å². The summed E-state index contributed by atoms with van der Waals surface area (Å²) in [5, 5.41) is 3.49. The lowest BCUT2D eigenvalue weighted by atomic mass is 10.1. The summed E-state index contributed by atoms with van der Waals surface area (Å²) in [4.78, 5) is 4.85. The predicted molar refractivity (Wildman–Crippen MR) is 112 cm³/mol. The Kier molecular flexibility index (Phi) is 7.51. The highest BCUT2D eigenvalue weighted by atomic mass is 16.5. The molecular weight excluding hydrogens is 336 g/mol. The van der Waals surface area contributed by atoms with Crippen molar-refractivity contribution in [2.24, 2.45) is 5.73 Å². The van der Waals surface area contributed by atoms with Gasteiger partial charge in [0.05, 0.1) is 6.61 Å². The van der Waals surface area contributed by atoms with Gasteiger partial charge >= 0.3 is 0 Å². The number of nitrogens with zero attached hydrogens (tertiary/aromatic N) is 2. The number of hydrogen-bond donors (Lipinski definition) is 2. The zero-order valence-corrected chi connectivity index (χ0v) is 16.4. The van der Waals surface area contributed by atoms with Crippen LogP contribution in [-0.2, 0) is 13.1 Å². The van der Waals surface area contributed by atoms with Crippen molar-refractivity contribution in [2.75, 3.05) is 51.3 Å². The maximum atomic E-state index is 5.76. The van der Waals surface area contributed by atoms with Gasteiger partial charge in [-0.2, -0.15) is 0 Å². The molecule has 0 spiro atoms. The molecule has 0 amide bonds. The zero-order valence-electron chi connectivity index (χ0n) is 16.4. The van der Waals surface area contributed by atoms with Crippen LogP contribution in [0.1, 0.15) is 17.5 Å². The van der Waals surface area contributed by atoms with Crippen molar-refractivity contribution in [2.45, 2.75) is 19.5 Å². The Hall–Kier alpha value is -2.08. The standard InChI is InChI=1S/C22H32N4O/c1-25-12-14-26(15-13-25)21-7-3-20(4-8-21)18-24-11-2-16-27-22-9-5-19(17-23)6-10-22/h3-10,24H,2,11-18,23H2,1H3. The average molecular weight is 369 g/mol. The van der Waals surface area contributed by atoms with Gasteiger partial charge in [0, 0.05) is 45.0 Å². The van der Waals surface area contributed by atoms with E-state index >= 15 is 0 Å². The van der Waals surface area contributed by atoms with Crippen molar-refractivity contribution in [1.82, 2.24) is 10.2 Å². The third-order valence-corrected chi connectivity index (χ3v) is 5.06. The van der Waals surface area contributed by atoms with E-state index in [0.717, 1.165) is 63.6 Å². The van der Waals surface area contributed by atoms with E-state index in [9.17, 15) is 0 Å². The Morgan fingerprint density at radius 3 is 2.26 bits per heavy atom. The number of rotatable bonds is 9. The first-order valence-electron chi connectivity index (χ1n) is 9.89. The third kappa shape index (κ3) is 6.24. The molecule has 0 unspecified atom stereocenters. The number of hydrogen-bond acceptors (Lipinski definition) is 5. The quantitative estimate of drug-likeness (QED) is 0.666. The molecule has 0 aromatic heterocycles. The number of benzene rings is 2. The van der Waals surface area contributed by atoms with Crippen LogP contribution >= 0.6 is 0 Å². The second-order valence-corrected chi connectivity index (χ2v) is 7.18. The minimum absolute atomic E-state index is 0.570. The van der Waals surface area contributed by atoms with Crippen LogP contribution < -0.4 is 20.7 Å². The van der Waals surface area contributed by atoms with Gasteiger partial charge < -0.3 is 25.6 Å². The SMILES string of the molecule is CN1CCN(c2ccc(CNCCCOc3ccc(CN)cc3)cc2)CC1. The lowest BCUT2D eigenvalue weighted by Gasteiger charge is -2.34. The number of anilines is 1. The Morgan fingerprint density at radius 1 is 0.926 bits per heavy atom. The first-order valence-corrected chi connectivity index (χ1v) is 9.89. The Bertz CT molecular complexity index is 664. The molecule has 146 valence electrons. The fraction of sp³-hybridized carbons (Fsp3) is 0.455. The Morgan fingerprint density at radius 2 is 1.59 bits per heavy atom. The van der Waals surface area contributed by atoms with Crippen LogP contribution in [0.3, 0.4) is 0 Å². The molecule has 1 heterocycles. The van der Waals surface area contributed by atoms with Crippen LogP contribution in [0.25, 0.3) is 0 Å². The molecule has 1 aliphatic rings. The molecule has 0 aliphatic carbocycles. The summed E-state index contributed by atoms with van der Waals surface area (Å²) in [7, 11) is 2.19. The summed E-state index contributed by atoms with van der Waals surface area (Å²) in [6.45, 7) is 7.64. The fourth-order valence-corrected chi connectivity index (χ4v) is 3.23. The van der Waals surface area contributed by atoms with Crippen molar-refractivity contribution in [3.05, 3.63) is 59.7 Å². The van der Waals surface area contributed by atoms with Crippen molar-refractivity contribution >= 4 is 5.69 Å². The highest BCUT2D eigenvalue weighted by molar-refractivity contribution is 5.48. The van der Waals surface area contributed by atoms with Crippen LogP contribution in [0.5, 0.6) is 5.75 Å². The van der Waals surface area contributed by atoms with E-state index < -0.39 is 0 Å². The van der Waals surface area contributed by atoms with E-state index in [-0.39, 0.29) is 0 Å². The molecule has 0 radical (unpaired) electrons. The molecule has 5 nitrogen and oxygen atoms in total. The van der Waals surface area contributed by atoms with E-state index in [1.54, 1.807) is 0 Å². The highest BCUT2D eigenvalue weighted by Crippen LogP contribution is 2.17. The minimum atomic E-state index is 0.570. The summed E-state index contributed by atoms with van der Waals surface area (Å²) in [6, 6.07) is 17.0. The summed E-state index contributed by atoms with van der Waals surface area (Å²) >= 11 is 0. The highest BCUT2D eigenvalue weighted by Gasteiger charge is 2.13. The first kappa shape index (κ1) is 19.7. The Labute approximate surface area is 163 Å². The maximum Gasteiger partial charge on any atom is 0.119 e. The van der Waals surface area contributed by atoms with Crippen LogP contribution in [0.15, 0.2) is 48.5 Å². The van der Waals surface area contributed by atoms with Crippen molar-refractivity contribution in [3.63, 3.8) is 0 Å². The smallest absolute Gasteiger partial charge is 0.119 e. The van der Waals surface area contributed by atoms with E-state index in [2.05, 4.69) is 46.4 Å². The van der Waals surface area contributed by atoms with Gasteiger partial charge in [-0.3, -0.25) is 0 Å². The van der Waals surface area contributed by atoms with Crippen LogP contribution in [-0.4, -0.2) is 51.3 Å². The molecule has 2 aromatic rings. The number of likely N-dealkylation sites (N-methyl/N-ethyl adjacent to an activating group) is 1. The largest absolute Gasteiger partial charge is 0.494 e. The molecular formula is C22H32N4O. The molecule has 1 fully saturated rings. The normalized spacial score (nSPS) is 15.1. The molecule has 0 bridgehead atoms. The average Bonchev–Trinajstić information content (AvgIpc) is 2.72. The predicted octanol–water partition coefficient (Wildman–Crippen LogP) is 2.46. The van der Waals surface area contributed by atoms with E-state index in [4.69, 9.17) is 10.5 Å². The molecule has 27 heavy (non-hydrogen) atoms. The van der Waals surface area contributed by atoms with Gasteiger partial charge in [-0.25, -0.2) is 0 Å². The molecule has 0 saturated carbocycles. The summed E-state index contributed by atoms with van der Waals surface area (Å²) in [6.07, 6.45) is 0.984. The fourth-order valence-electron chi connectivity index (χ4n) is 3.23. The maximum absolute atomic E-state index is 5.76. The zero-order chi connectivity index (χ0) is 18.9. The third-order valence-electron chi connectivity index (χ3n) is 5.06. The lowest BCUT2D eigenvalue weighted by molar-refractivity contribution is 0.308. The molecule has 1 aliphatic heterocycles. The van der Waals surface area contributed by atoms with Gasteiger partial charge in [0.2, 0.25) is 0 Å². The van der Waals surface area contributed by atoms with Gasteiger partial charge in [-0.1, -0.05) is 24.3 Å². The Balaban J connectivity index is 1.31. The van der Waals surface area contributed by atoms with E-state index in [1.165, 1.54) is 11.3 Å². The van der Waals surface area contributed by atoms with E-state index in [1.807, 2.05) is 24.3 Å². The van der Waals surface area contributed by atoms with Gasteiger partial charge in [0.1, 0.15) is 5.75 Å². The van der Waals surface area contributed by atoms with Crippen LogP contribution in [0.2, 0.25) is 0 Å². The van der Waals surface area contributed by atoms with Crippen LogP contribution in [0, 0.1) is 0 Å². The molecule has 3 N–H and O–H groups in total. The van der Waals surface area contributed by atoms with Gasteiger partial charge in [-0.15, -0.1) is 0 Å². The van der Waals surface area contributed by atoms with Crippen molar-refractivity contribution in [3.8, 4) is 5.75 Å².